The number of carbonyl (C=O) groups excluding carboxylic acids is 2. The molecule has 0 aliphatic heterocycles. The van der Waals surface area contributed by atoms with Gasteiger partial charge in [-0.25, -0.2) is 0 Å². The van der Waals surface area contributed by atoms with Gasteiger partial charge in [0.15, 0.2) is 0 Å². The van der Waals surface area contributed by atoms with Crippen molar-refractivity contribution >= 4 is 17.8 Å². The summed E-state index contributed by atoms with van der Waals surface area (Å²) in [6, 6.07) is 6.56. The normalized spacial score (nSPS) is 9.81. The highest BCUT2D eigenvalue weighted by atomic mass is 16.5. The lowest BCUT2D eigenvalue weighted by Crippen LogP contribution is -2.39. The molecule has 2 N–H and O–H groups in total. The SMILES string of the molecule is COc1cccc(C(=O)NCC(=O)N(C)CCC(=O)O)c1. The van der Waals surface area contributed by atoms with Crippen LogP contribution < -0.4 is 10.1 Å². The molecule has 0 saturated carbocycles. The lowest BCUT2D eigenvalue weighted by Gasteiger charge is -2.16. The molecular formula is C14H18N2O5. The van der Waals surface area contributed by atoms with E-state index in [2.05, 4.69) is 5.32 Å². The maximum atomic E-state index is 11.9. The molecule has 0 spiro atoms. The van der Waals surface area contributed by atoms with Crippen LogP contribution >= 0.6 is 0 Å². The van der Waals surface area contributed by atoms with Crippen molar-refractivity contribution in [2.75, 3.05) is 27.2 Å². The summed E-state index contributed by atoms with van der Waals surface area (Å²) in [5.74, 6) is -1.18. The molecule has 0 atom stereocenters. The predicted molar refractivity (Wildman–Crippen MR) is 75.2 cm³/mol. The Morgan fingerprint density at radius 3 is 2.67 bits per heavy atom. The van der Waals surface area contributed by atoms with Crippen LogP contribution in [0.5, 0.6) is 5.75 Å². The monoisotopic (exact) mass is 294 g/mol. The highest BCUT2D eigenvalue weighted by Crippen LogP contribution is 2.12. The first kappa shape index (κ1) is 16.5. The zero-order valence-corrected chi connectivity index (χ0v) is 12.0. The second kappa shape index (κ2) is 7.88. The molecule has 0 aliphatic rings. The number of benzene rings is 1. The third-order valence-electron chi connectivity index (χ3n) is 2.82. The van der Waals surface area contributed by atoms with E-state index in [9.17, 15) is 14.4 Å². The van der Waals surface area contributed by atoms with E-state index in [0.717, 1.165) is 0 Å². The van der Waals surface area contributed by atoms with Gasteiger partial charge < -0.3 is 20.1 Å². The number of likely N-dealkylation sites (N-methyl/N-ethyl adjacent to an activating group) is 1. The van der Waals surface area contributed by atoms with E-state index in [1.54, 1.807) is 24.3 Å². The van der Waals surface area contributed by atoms with Gasteiger partial charge in [0, 0.05) is 19.2 Å². The fraction of sp³-hybridized carbons (Fsp3) is 0.357. The van der Waals surface area contributed by atoms with Gasteiger partial charge >= 0.3 is 5.97 Å². The van der Waals surface area contributed by atoms with Gasteiger partial charge in [-0.15, -0.1) is 0 Å². The van der Waals surface area contributed by atoms with Gasteiger partial charge in [-0.2, -0.15) is 0 Å². The van der Waals surface area contributed by atoms with Gasteiger partial charge in [-0.05, 0) is 18.2 Å². The minimum Gasteiger partial charge on any atom is -0.497 e. The Balaban J connectivity index is 2.48. The van der Waals surface area contributed by atoms with Crippen LogP contribution in [0.1, 0.15) is 16.8 Å². The van der Waals surface area contributed by atoms with Gasteiger partial charge in [0.25, 0.3) is 5.91 Å². The molecule has 0 unspecified atom stereocenters. The highest BCUT2D eigenvalue weighted by molar-refractivity contribution is 5.96. The Hall–Kier alpha value is -2.57. The first-order valence-corrected chi connectivity index (χ1v) is 6.32. The second-order valence-electron chi connectivity index (χ2n) is 4.37. The van der Waals surface area contributed by atoms with Crippen molar-refractivity contribution in [3.8, 4) is 5.75 Å². The molecular weight excluding hydrogens is 276 g/mol. The fourth-order valence-corrected chi connectivity index (χ4v) is 1.55. The molecule has 1 aromatic rings. The highest BCUT2D eigenvalue weighted by Gasteiger charge is 2.13. The van der Waals surface area contributed by atoms with Crippen molar-refractivity contribution in [1.82, 2.24) is 10.2 Å². The number of methoxy groups -OCH3 is 1. The van der Waals surface area contributed by atoms with Crippen molar-refractivity contribution in [1.29, 1.82) is 0 Å². The molecule has 0 bridgehead atoms. The minimum atomic E-state index is -0.977. The summed E-state index contributed by atoms with van der Waals surface area (Å²) in [4.78, 5) is 35.3. The quantitative estimate of drug-likeness (QED) is 0.757. The summed E-state index contributed by atoms with van der Waals surface area (Å²) in [5, 5.41) is 11.0. The Morgan fingerprint density at radius 1 is 1.33 bits per heavy atom. The average molecular weight is 294 g/mol. The predicted octanol–water partition coefficient (Wildman–Crippen LogP) is 0.358. The molecule has 7 heteroatoms. The minimum absolute atomic E-state index is 0.100. The van der Waals surface area contributed by atoms with Crippen LogP contribution in [0.25, 0.3) is 0 Å². The third-order valence-corrected chi connectivity index (χ3v) is 2.82. The molecule has 1 rings (SSSR count). The second-order valence-corrected chi connectivity index (χ2v) is 4.37. The van der Waals surface area contributed by atoms with Crippen LogP contribution in [0.2, 0.25) is 0 Å². The van der Waals surface area contributed by atoms with E-state index in [1.165, 1.54) is 19.1 Å². The molecule has 2 amide bonds. The number of nitrogens with zero attached hydrogens (tertiary/aromatic N) is 1. The number of hydrogen-bond donors (Lipinski definition) is 2. The number of rotatable bonds is 7. The van der Waals surface area contributed by atoms with Crippen molar-refractivity contribution < 1.29 is 24.2 Å². The summed E-state index contributed by atoms with van der Waals surface area (Å²) in [6.07, 6.45) is -0.133. The molecule has 0 fully saturated rings. The largest absolute Gasteiger partial charge is 0.497 e. The van der Waals surface area contributed by atoms with E-state index >= 15 is 0 Å². The summed E-state index contributed by atoms with van der Waals surface area (Å²) in [6.45, 7) is -0.0879. The molecule has 0 radical (unpaired) electrons. The van der Waals surface area contributed by atoms with E-state index in [4.69, 9.17) is 9.84 Å². The van der Waals surface area contributed by atoms with Crippen LogP contribution in [-0.4, -0.2) is 55.0 Å². The number of nitrogens with one attached hydrogen (secondary N) is 1. The molecule has 0 aromatic heterocycles. The first-order valence-electron chi connectivity index (χ1n) is 6.32. The van der Waals surface area contributed by atoms with Crippen molar-refractivity contribution in [2.45, 2.75) is 6.42 Å². The number of ether oxygens (including phenoxy) is 1. The van der Waals surface area contributed by atoms with Gasteiger partial charge in [0.1, 0.15) is 5.75 Å². The molecule has 0 heterocycles. The van der Waals surface area contributed by atoms with Crippen molar-refractivity contribution in [3.63, 3.8) is 0 Å². The molecule has 21 heavy (non-hydrogen) atoms. The molecule has 114 valence electrons. The topological polar surface area (TPSA) is 95.9 Å². The van der Waals surface area contributed by atoms with Crippen LogP contribution in [0.15, 0.2) is 24.3 Å². The Morgan fingerprint density at radius 2 is 2.05 bits per heavy atom. The maximum absolute atomic E-state index is 11.9. The number of aliphatic carboxylic acids is 1. The average Bonchev–Trinajstić information content (AvgIpc) is 2.49. The molecule has 1 aromatic carbocycles. The summed E-state index contributed by atoms with van der Waals surface area (Å²) < 4.78 is 5.01. The molecule has 0 saturated heterocycles. The number of carboxylic acids is 1. The summed E-state index contributed by atoms with van der Waals surface area (Å²) in [5.41, 5.74) is 0.385. The van der Waals surface area contributed by atoms with Crippen molar-refractivity contribution in [3.05, 3.63) is 29.8 Å². The Labute approximate surface area is 122 Å². The smallest absolute Gasteiger partial charge is 0.305 e. The standard InChI is InChI=1S/C14H18N2O5/c1-16(7-6-13(18)19)12(17)9-15-14(20)10-4-3-5-11(8-10)21-2/h3-5,8H,6-7,9H2,1-2H3,(H,15,20)(H,18,19). The van der Waals surface area contributed by atoms with E-state index < -0.39 is 11.9 Å². The van der Waals surface area contributed by atoms with Crippen LogP contribution in [-0.2, 0) is 9.59 Å². The van der Waals surface area contributed by atoms with Crippen LogP contribution in [0, 0.1) is 0 Å². The van der Waals surface area contributed by atoms with Crippen molar-refractivity contribution in [2.24, 2.45) is 0 Å². The summed E-state index contributed by atoms with van der Waals surface area (Å²) in [7, 11) is 2.99. The van der Waals surface area contributed by atoms with Gasteiger partial charge in [-0.1, -0.05) is 6.07 Å². The molecule has 0 aliphatic carbocycles. The van der Waals surface area contributed by atoms with Crippen LogP contribution in [0.3, 0.4) is 0 Å². The fourth-order valence-electron chi connectivity index (χ4n) is 1.55. The van der Waals surface area contributed by atoms with Gasteiger partial charge in [0.05, 0.1) is 20.1 Å². The zero-order chi connectivity index (χ0) is 15.8. The van der Waals surface area contributed by atoms with E-state index in [1.807, 2.05) is 0 Å². The lowest BCUT2D eigenvalue weighted by atomic mass is 10.2. The number of hydrogen-bond acceptors (Lipinski definition) is 4. The van der Waals surface area contributed by atoms with E-state index in [0.29, 0.717) is 11.3 Å². The van der Waals surface area contributed by atoms with Crippen LogP contribution in [0.4, 0.5) is 0 Å². The summed E-state index contributed by atoms with van der Waals surface area (Å²) >= 11 is 0. The first-order chi connectivity index (χ1) is 9.93. The number of amides is 2. The Bertz CT molecular complexity index is 530. The maximum Gasteiger partial charge on any atom is 0.305 e. The van der Waals surface area contributed by atoms with Gasteiger partial charge in [0.2, 0.25) is 5.91 Å². The number of carboxylic acid groups (broad SMARTS) is 1. The number of carbonyl (C=O) groups is 3. The Kier molecular flexibility index (Phi) is 6.19. The van der Waals surface area contributed by atoms with E-state index in [-0.39, 0.29) is 25.4 Å². The molecule has 7 nitrogen and oxygen atoms in total. The zero-order valence-electron chi connectivity index (χ0n) is 12.0. The van der Waals surface area contributed by atoms with Gasteiger partial charge in [-0.3, -0.25) is 14.4 Å². The third kappa shape index (κ3) is 5.52. The lowest BCUT2D eigenvalue weighted by molar-refractivity contribution is -0.138.